The number of benzene rings is 1. The first-order valence-electron chi connectivity index (χ1n) is 4.85. The topological polar surface area (TPSA) is 111 Å². The standard InChI is InChI=1S/C10H10N4O2S2/c11-9-8(5-15)17-10(14-9)13-6-1-3-7(4-2-6)18(12)16/h1-5H,11-12H2,(H,13,14). The number of carbonyl (C=O) groups excluding carboxylic acids is 1. The van der Waals surface area contributed by atoms with Crippen molar-refractivity contribution in [3.8, 4) is 0 Å². The summed E-state index contributed by atoms with van der Waals surface area (Å²) < 4.78 is 11.0. The molecular weight excluding hydrogens is 272 g/mol. The Morgan fingerprint density at radius 2 is 2.00 bits per heavy atom. The Morgan fingerprint density at radius 1 is 1.33 bits per heavy atom. The van der Waals surface area contributed by atoms with Crippen LogP contribution in [0.2, 0.25) is 0 Å². The molecule has 0 bridgehead atoms. The van der Waals surface area contributed by atoms with Gasteiger partial charge < -0.3 is 11.1 Å². The van der Waals surface area contributed by atoms with Gasteiger partial charge in [-0.3, -0.25) is 4.79 Å². The van der Waals surface area contributed by atoms with Gasteiger partial charge in [0, 0.05) is 5.69 Å². The number of hydrogen-bond donors (Lipinski definition) is 3. The summed E-state index contributed by atoms with van der Waals surface area (Å²) in [6.07, 6.45) is 0.666. The van der Waals surface area contributed by atoms with Crippen molar-refractivity contribution in [3.05, 3.63) is 29.1 Å². The monoisotopic (exact) mass is 282 g/mol. The Labute approximate surface area is 110 Å². The van der Waals surface area contributed by atoms with Gasteiger partial charge in [-0.05, 0) is 24.3 Å². The molecule has 0 aliphatic heterocycles. The first-order valence-corrected chi connectivity index (χ1v) is 6.88. The lowest BCUT2D eigenvalue weighted by Crippen LogP contribution is -2.02. The van der Waals surface area contributed by atoms with E-state index in [4.69, 9.17) is 10.9 Å². The van der Waals surface area contributed by atoms with Gasteiger partial charge in [-0.25, -0.2) is 14.3 Å². The van der Waals surface area contributed by atoms with E-state index in [1.165, 1.54) is 0 Å². The molecule has 0 aliphatic carbocycles. The van der Waals surface area contributed by atoms with Crippen molar-refractivity contribution in [3.63, 3.8) is 0 Å². The molecule has 0 saturated carbocycles. The van der Waals surface area contributed by atoms with E-state index < -0.39 is 11.0 Å². The molecule has 94 valence electrons. The van der Waals surface area contributed by atoms with Crippen molar-refractivity contribution in [2.45, 2.75) is 4.90 Å². The summed E-state index contributed by atoms with van der Waals surface area (Å²) >= 11 is 1.16. The van der Waals surface area contributed by atoms with Crippen LogP contribution in [0.25, 0.3) is 0 Å². The summed E-state index contributed by atoms with van der Waals surface area (Å²) in [5.41, 5.74) is 6.29. The molecule has 6 nitrogen and oxygen atoms in total. The maximum Gasteiger partial charge on any atom is 0.189 e. The van der Waals surface area contributed by atoms with Crippen LogP contribution in [0.15, 0.2) is 29.2 Å². The normalized spacial score (nSPS) is 12.1. The minimum absolute atomic E-state index is 0.206. The number of hydrogen-bond acceptors (Lipinski definition) is 6. The molecule has 2 rings (SSSR count). The molecule has 0 aliphatic rings. The van der Waals surface area contributed by atoms with Crippen molar-refractivity contribution in [1.82, 2.24) is 4.98 Å². The zero-order valence-corrected chi connectivity index (χ0v) is 10.8. The van der Waals surface area contributed by atoms with Crippen LogP contribution in [0.3, 0.4) is 0 Å². The van der Waals surface area contributed by atoms with Gasteiger partial charge in [-0.15, -0.1) is 0 Å². The minimum atomic E-state index is -1.49. The van der Waals surface area contributed by atoms with E-state index >= 15 is 0 Å². The van der Waals surface area contributed by atoms with Gasteiger partial charge in [0.15, 0.2) is 11.4 Å². The largest absolute Gasteiger partial charge is 0.382 e. The van der Waals surface area contributed by atoms with E-state index in [9.17, 15) is 9.00 Å². The van der Waals surface area contributed by atoms with Gasteiger partial charge in [-0.2, -0.15) is 0 Å². The molecule has 8 heteroatoms. The van der Waals surface area contributed by atoms with Crippen LogP contribution in [0.5, 0.6) is 0 Å². The fourth-order valence-corrected chi connectivity index (χ4v) is 2.40. The maximum absolute atomic E-state index is 11.0. The molecule has 0 fully saturated rings. The highest BCUT2D eigenvalue weighted by atomic mass is 32.2. The highest BCUT2D eigenvalue weighted by Crippen LogP contribution is 2.26. The molecule has 1 atom stereocenters. The molecule has 18 heavy (non-hydrogen) atoms. The molecule has 1 aromatic heterocycles. The Hall–Kier alpha value is -1.77. The highest BCUT2D eigenvalue weighted by molar-refractivity contribution is 7.82. The number of aldehydes is 1. The van der Waals surface area contributed by atoms with Crippen molar-refractivity contribution in [2.24, 2.45) is 5.14 Å². The predicted octanol–water partition coefficient (Wildman–Crippen LogP) is 1.26. The molecule has 2 aromatic rings. The van der Waals surface area contributed by atoms with E-state index in [0.29, 0.717) is 21.2 Å². The van der Waals surface area contributed by atoms with Crippen LogP contribution in [-0.2, 0) is 11.0 Å². The number of anilines is 3. The van der Waals surface area contributed by atoms with Crippen LogP contribution < -0.4 is 16.2 Å². The third kappa shape index (κ3) is 2.73. The van der Waals surface area contributed by atoms with Crippen molar-refractivity contribution < 1.29 is 9.00 Å². The molecular formula is C10H10N4O2S2. The summed E-state index contributed by atoms with van der Waals surface area (Å²) in [7, 11) is -1.49. The summed E-state index contributed by atoms with van der Waals surface area (Å²) in [6, 6.07) is 6.74. The van der Waals surface area contributed by atoms with Crippen molar-refractivity contribution >= 4 is 45.2 Å². The molecule has 0 spiro atoms. The van der Waals surface area contributed by atoms with Gasteiger partial charge in [0.2, 0.25) is 0 Å². The smallest absolute Gasteiger partial charge is 0.189 e. The van der Waals surface area contributed by atoms with Crippen molar-refractivity contribution in [2.75, 3.05) is 11.1 Å². The summed E-state index contributed by atoms with van der Waals surface area (Å²) in [5, 5.41) is 8.76. The number of nitrogens with zero attached hydrogens (tertiary/aromatic N) is 1. The summed E-state index contributed by atoms with van der Waals surface area (Å²) in [6.45, 7) is 0. The van der Waals surface area contributed by atoms with Gasteiger partial charge >= 0.3 is 0 Å². The van der Waals surface area contributed by atoms with Gasteiger partial charge in [0.1, 0.15) is 21.7 Å². The second kappa shape index (κ2) is 5.25. The minimum Gasteiger partial charge on any atom is -0.382 e. The van der Waals surface area contributed by atoms with Crippen LogP contribution in [0.1, 0.15) is 9.67 Å². The predicted molar refractivity (Wildman–Crippen MR) is 72.2 cm³/mol. The van der Waals surface area contributed by atoms with E-state index in [0.717, 1.165) is 17.0 Å². The number of aromatic nitrogens is 1. The van der Waals surface area contributed by atoms with Crippen LogP contribution >= 0.6 is 11.3 Å². The second-order valence-electron chi connectivity index (χ2n) is 3.33. The number of carbonyl (C=O) groups is 1. The first kappa shape index (κ1) is 12.7. The maximum atomic E-state index is 11.0. The average Bonchev–Trinajstić information content (AvgIpc) is 2.70. The van der Waals surface area contributed by atoms with Gasteiger partial charge in [0.05, 0.1) is 4.90 Å². The summed E-state index contributed by atoms with van der Waals surface area (Å²) in [5.74, 6) is 0.206. The van der Waals surface area contributed by atoms with Gasteiger partial charge in [0.25, 0.3) is 0 Å². The Kier molecular flexibility index (Phi) is 3.70. The van der Waals surface area contributed by atoms with E-state index in [1.807, 2.05) is 0 Å². The van der Waals surface area contributed by atoms with E-state index in [-0.39, 0.29) is 5.82 Å². The SMILES string of the molecule is Nc1nc(Nc2ccc(S(N)=O)cc2)sc1C=O. The number of nitrogens with one attached hydrogen (secondary N) is 1. The Balaban J connectivity index is 2.17. The molecule has 0 saturated heterocycles. The lowest BCUT2D eigenvalue weighted by molar-refractivity contribution is 0.112. The fraction of sp³-hybridized carbons (Fsp3) is 0. The molecule has 1 heterocycles. The molecule has 0 radical (unpaired) electrons. The lowest BCUT2D eigenvalue weighted by Gasteiger charge is -2.02. The number of nitrogens with two attached hydrogens (primary N) is 2. The fourth-order valence-electron chi connectivity index (χ4n) is 1.28. The summed E-state index contributed by atoms with van der Waals surface area (Å²) in [4.78, 5) is 15.6. The molecule has 0 amide bonds. The molecule has 1 unspecified atom stereocenters. The zero-order valence-electron chi connectivity index (χ0n) is 9.12. The quantitative estimate of drug-likeness (QED) is 0.731. The van der Waals surface area contributed by atoms with Crippen LogP contribution in [0, 0.1) is 0 Å². The number of nitrogen functional groups attached to an aromatic ring is 1. The number of thiazole rings is 1. The Morgan fingerprint density at radius 3 is 2.50 bits per heavy atom. The van der Waals surface area contributed by atoms with Crippen LogP contribution in [0.4, 0.5) is 16.6 Å². The molecule has 1 aromatic carbocycles. The average molecular weight is 282 g/mol. The highest BCUT2D eigenvalue weighted by Gasteiger charge is 2.07. The Bertz CT molecular complexity index is 594. The van der Waals surface area contributed by atoms with Gasteiger partial charge in [-0.1, -0.05) is 11.3 Å². The van der Waals surface area contributed by atoms with E-state index in [1.54, 1.807) is 24.3 Å². The van der Waals surface area contributed by atoms with E-state index in [2.05, 4.69) is 10.3 Å². The van der Waals surface area contributed by atoms with Crippen LogP contribution in [-0.4, -0.2) is 15.5 Å². The third-order valence-corrected chi connectivity index (χ3v) is 3.77. The molecule has 5 N–H and O–H groups in total. The third-order valence-electron chi connectivity index (χ3n) is 2.13. The first-order chi connectivity index (χ1) is 8.60. The number of rotatable bonds is 4. The lowest BCUT2D eigenvalue weighted by atomic mass is 10.3. The second-order valence-corrected chi connectivity index (χ2v) is 5.43. The van der Waals surface area contributed by atoms with Crippen molar-refractivity contribution in [1.29, 1.82) is 0 Å². The zero-order chi connectivity index (χ0) is 13.1.